The van der Waals surface area contributed by atoms with Crippen molar-refractivity contribution in [3.05, 3.63) is 29.6 Å². The van der Waals surface area contributed by atoms with Crippen LogP contribution in [0.15, 0.2) is 23.4 Å². The molecule has 1 rings (SSSR count). The van der Waals surface area contributed by atoms with Crippen LogP contribution < -0.4 is 10.5 Å². The minimum absolute atomic E-state index is 0.130. The molecule has 0 radical (unpaired) electrons. The zero-order valence-corrected chi connectivity index (χ0v) is 9.12. The molecule has 0 aromatic heterocycles. The molecule has 0 fully saturated rings. The van der Waals surface area contributed by atoms with Crippen LogP contribution in [0, 0.1) is 5.82 Å². The molecule has 0 bridgehead atoms. The molecule has 0 aliphatic heterocycles. The molecule has 0 unspecified atom stereocenters. The number of hydrogen-bond acceptors (Lipinski definition) is 4. The lowest BCUT2D eigenvalue weighted by Gasteiger charge is -2.06. The summed E-state index contributed by atoms with van der Waals surface area (Å²) in [5, 5.41) is 11.0. The lowest BCUT2D eigenvalue weighted by atomic mass is 10.2. The molecule has 0 aliphatic rings. The Morgan fingerprint density at radius 1 is 1.56 bits per heavy atom. The highest BCUT2D eigenvalue weighted by atomic mass is 32.2. The van der Waals surface area contributed by atoms with Crippen LogP contribution in [0.25, 0.3) is 0 Å². The van der Waals surface area contributed by atoms with Crippen molar-refractivity contribution in [3.8, 4) is 0 Å². The Hall–Kier alpha value is -1.83. The number of anilines is 1. The third-order valence-corrected chi connectivity index (χ3v) is 2.26. The third-order valence-electron chi connectivity index (χ3n) is 1.65. The second-order valence-electron chi connectivity index (χ2n) is 3.05. The molecule has 88 valence electrons. The number of sulfonamides is 1. The molecule has 4 N–H and O–H groups in total. The molecule has 8 heteroatoms. The summed E-state index contributed by atoms with van der Waals surface area (Å²) >= 11 is 0. The number of nitrogens with two attached hydrogens (primary N) is 1. The SMILES string of the molecule is CS(=O)(=O)Nc1ccc(F)c(C(N)=NO)c1. The van der Waals surface area contributed by atoms with E-state index in [1.807, 2.05) is 0 Å². The van der Waals surface area contributed by atoms with E-state index in [1.54, 1.807) is 0 Å². The molecule has 0 amide bonds. The van der Waals surface area contributed by atoms with E-state index < -0.39 is 21.7 Å². The van der Waals surface area contributed by atoms with E-state index in [0.29, 0.717) is 0 Å². The van der Waals surface area contributed by atoms with Crippen LogP contribution in [0.4, 0.5) is 10.1 Å². The van der Waals surface area contributed by atoms with E-state index in [4.69, 9.17) is 10.9 Å². The summed E-state index contributed by atoms with van der Waals surface area (Å²) in [4.78, 5) is 0. The van der Waals surface area contributed by atoms with Gasteiger partial charge in [-0.05, 0) is 18.2 Å². The van der Waals surface area contributed by atoms with Crippen molar-refractivity contribution in [1.29, 1.82) is 0 Å². The van der Waals surface area contributed by atoms with E-state index in [2.05, 4.69) is 9.88 Å². The summed E-state index contributed by atoms with van der Waals surface area (Å²) in [6.07, 6.45) is 0.958. The number of benzene rings is 1. The van der Waals surface area contributed by atoms with Gasteiger partial charge < -0.3 is 10.9 Å². The maximum Gasteiger partial charge on any atom is 0.229 e. The van der Waals surface area contributed by atoms with Crippen LogP contribution in [0.2, 0.25) is 0 Å². The standard InChI is InChI=1S/C8H10FN3O3S/c1-16(14,15)12-5-2-3-7(9)6(4-5)8(10)11-13/h2-4,12-13H,1H3,(H2,10,11). The quantitative estimate of drug-likeness (QED) is 0.309. The van der Waals surface area contributed by atoms with Gasteiger partial charge in [-0.3, -0.25) is 4.72 Å². The first-order valence-electron chi connectivity index (χ1n) is 4.09. The van der Waals surface area contributed by atoms with Crippen molar-refractivity contribution in [2.45, 2.75) is 0 Å². The average molecular weight is 247 g/mol. The second-order valence-corrected chi connectivity index (χ2v) is 4.80. The number of oxime groups is 1. The first-order valence-corrected chi connectivity index (χ1v) is 5.98. The van der Waals surface area contributed by atoms with Gasteiger partial charge in [-0.2, -0.15) is 0 Å². The number of nitrogens with zero attached hydrogens (tertiary/aromatic N) is 1. The fourth-order valence-corrected chi connectivity index (χ4v) is 1.61. The van der Waals surface area contributed by atoms with E-state index >= 15 is 0 Å². The Bertz CT molecular complexity index is 527. The fraction of sp³-hybridized carbons (Fsp3) is 0.125. The van der Waals surface area contributed by atoms with Gasteiger partial charge in [0.2, 0.25) is 10.0 Å². The van der Waals surface area contributed by atoms with Crippen molar-refractivity contribution < 1.29 is 18.0 Å². The van der Waals surface area contributed by atoms with Crippen LogP contribution in [-0.4, -0.2) is 25.7 Å². The van der Waals surface area contributed by atoms with Crippen molar-refractivity contribution in [3.63, 3.8) is 0 Å². The third kappa shape index (κ3) is 3.09. The van der Waals surface area contributed by atoms with E-state index in [1.165, 1.54) is 6.07 Å². The molecule has 1 aromatic carbocycles. The van der Waals surface area contributed by atoms with Gasteiger partial charge in [-0.15, -0.1) is 0 Å². The van der Waals surface area contributed by atoms with Gasteiger partial charge in [0.05, 0.1) is 11.8 Å². The minimum atomic E-state index is -3.45. The average Bonchev–Trinajstić information content (AvgIpc) is 2.18. The van der Waals surface area contributed by atoms with Gasteiger partial charge in [-0.1, -0.05) is 5.16 Å². The molecule has 0 saturated carbocycles. The molecule has 1 aromatic rings. The Morgan fingerprint density at radius 3 is 2.69 bits per heavy atom. The van der Waals surface area contributed by atoms with E-state index in [-0.39, 0.29) is 11.3 Å². The maximum absolute atomic E-state index is 13.2. The van der Waals surface area contributed by atoms with Crippen LogP contribution >= 0.6 is 0 Å². The predicted molar refractivity (Wildman–Crippen MR) is 57.4 cm³/mol. The molecule has 0 heterocycles. The molecule has 0 aliphatic carbocycles. The highest BCUT2D eigenvalue weighted by Gasteiger charge is 2.10. The van der Waals surface area contributed by atoms with E-state index in [9.17, 15) is 12.8 Å². The summed E-state index contributed by atoms with van der Waals surface area (Å²) in [6, 6.07) is 3.37. The Balaban J connectivity index is 3.18. The van der Waals surface area contributed by atoms with Crippen LogP contribution in [-0.2, 0) is 10.0 Å². The summed E-state index contributed by atoms with van der Waals surface area (Å²) in [6.45, 7) is 0. The van der Waals surface area contributed by atoms with Crippen LogP contribution in [0.5, 0.6) is 0 Å². The summed E-state index contributed by atoms with van der Waals surface area (Å²) in [5.74, 6) is -1.15. The molecule has 0 spiro atoms. The van der Waals surface area contributed by atoms with Gasteiger partial charge in [0, 0.05) is 5.69 Å². The largest absolute Gasteiger partial charge is 0.409 e. The molecule has 6 nitrogen and oxygen atoms in total. The molecular formula is C8H10FN3O3S. The van der Waals surface area contributed by atoms with Gasteiger partial charge in [-0.25, -0.2) is 12.8 Å². The zero-order chi connectivity index (χ0) is 12.3. The molecule has 0 atom stereocenters. The summed E-state index contributed by atoms with van der Waals surface area (Å²) in [7, 11) is -3.45. The van der Waals surface area contributed by atoms with Crippen LogP contribution in [0.3, 0.4) is 0 Å². The second kappa shape index (κ2) is 4.35. The monoisotopic (exact) mass is 247 g/mol. The topological polar surface area (TPSA) is 105 Å². The van der Waals surface area contributed by atoms with Gasteiger partial charge in [0.1, 0.15) is 5.82 Å². The number of halogens is 1. The minimum Gasteiger partial charge on any atom is -0.409 e. The van der Waals surface area contributed by atoms with Crippen molar-refractivity contribution in [2.75, 3.05) is 11.0 Å². The highest BCUT2D eigenvalue weighted by Crippen LogP contribution is 2.15. The van der Waals surface area contributed by atoms with E-state index in [0.717, 1.165) is 18.4 Å². The highest BCUT2D eigenvalue weighted by molar-refractivity contribution is 7.92. The number of amidine groups is 1. The lowest BCUT2D eigenvalue weighted by molar-refractivity contribution is 0.318. The predicted octanol–water partition coefficient (Wildman–Crippen LogP) is 0.292. The Labute approximate surface area is 91.6 Å². The Kier molecular flexibility index (Phi) is 3.33. The maximum atomic E-state index is 13.2. The van der Waals surface area contributed by atoms with Gasteiger partial charge in [0.25, 0.3) is 0 Å². The summed E-state index contributed by atoms with van der Waals surface area (Å²) < 4.78 is 37.2. The zero-order valence-electron chi connectivity index (χ0n) is 8.31. The number of nitrogens with one attached hydrogen (secondary N) is 1. The molecule has 0 saturated heterocycles. The van der Waals surface area contributed by atoms with Gasteiger partial charge in [0.15, 0.2) is 5.84 Å². The number of hydrogen-bond donors (Lipinski definition) is 3. The van der Waals surface area contributed by atoms with Gasteiger partial charge >= 0.3 is 0 Å². The number of rotatable bonds is 3. The lowest BCUT2D eigenvalue weighted by Crippen LogP contribution is -2.16. The smallest absolute Gasteiger partial charge is 0.229 e. The van der Waals surface area contributed by atoms with Crippen LogP contribution in [0.1, 0.15) is 5.56 Å². The fourth-order valence-electron chi connectivity index (χ4n) is 1.05. The molecular weight excluding hydrogens is 237 g/mol. The first kappa shape index (κ1) is 12.2. The van der Waals surface area contributed by atoms with Crippen molar-refractivity contribution >= 4 is 21.5 Å². The van der Waals surface area contributed by atoms with Crippen molar-refractivity contribution in [2.24, 2.45) is 10.9 Å². The van der Waals surface area contributed by atoms with Crippen molar-refractivity contribution in [1.82, 2.24) is 0 Å². The first-order chi connectivity index (χ1) is 7.33. The normalized spacial score (nSPS) is 12.5. The molecule has 16 heavy (non-hydrogen) atoms. The Morgan fingerprint density at radius 2 is 2.19 bits per heavy atom. The summed E-state index contributed by atoms with van der Waals surface area (Å²) in [5.41, 5.74) is 5.16.